The van der Waals surface area contributed by atoms with Crippen molar-refractivity contribution in [1.29, 1.82) is 0 Å². The van der Waals surface area contributed by atoms with Gasteiger partial charge in [-0.3, -0.25) is 0 Å². The van der Waals surface area contributed by atoms with Crippen LogP contribution in [0.5, 0.6) is 0 Å². The van der Waals surface area contributed by atoms with Gasteiger partial charge in [0.2, 0.25) is 0 Å². The summed E-state index contributed by atoms with van der Waals surface area (Å²) in [5.74, 6) is 0. The molecule has 0 bridgehead atoms. The quantitative estimate of drug-likeness (QED) is 0.766. The fourth-order valence-corrected chi connectivity index (χ4v) is 2.06. The molecule has 3 N–H and O–H groups in total. The molecule has 1 rings (SSSR count). The van der Waals surface area contributed by atoms with Crippen molar-refractivity contribution in [2.24, 2.45) is 5.73 Å². The zero-order valence-corrected chi connectivity index (χ0v) is 10.3. The molecule has 1 aromatic rings. The first kappa shape index (κ1) is 12.6. The third-order valence-electron chi connectivity index (χ3n) is 2.26. The second kappa shape index (κ2) is 6.17. The molecule has 15 heavy (non-hydrogen) atoms. The van der Waals surface area contributed by atoms with Crippen LogP contribution in [0.3, 0.4) is 0 Å². The van der Waals surface area contributed by atoms with E-state index in [9.17, 15) is 0 Å². The Morgan fingerprint density at radius 2 is 2.40 bits per heavy atom. The molecule has 0 saturated carbocycles. The van der Waals surface area contributed by atoms with Crippen LogP contribution in [0.15, 0.2) is 5.38 Å². The monoisotopic (exact) mass is 229 g/mol. The van der Waals surface area contributed by atoms with Crippen molar-refractivity contribution in [3.63, 3.8) is 0 Å². The predicted molar refractivity (Wildman–Crippen MR) is 63.1 cm³/mol. The van der Waals surface area contributed by atoms with E-state index in [4.69, 9.17) is 10.5 Å². The van der Waals surface area contributed by atoms with Crippen molar-refractivity contribution in [2.45, 2.75) is 26.0 Å². The van der Waals surface area contributed by atoms with E-state index < -0.39 is 0 Å². The lowest BCUT2D eigenvalue weighted by molar-refractivity contribution is 0.106. The van der Waals surface area contributed by atoms with Gasteiger partial charge in [0.1, 0.15) is 5.01 Å². The molecule has 86 valence electrons. The highest BCUT2D eigenvalue weighted by Crippen LogP contribution is 2.17. The van der Waals surface area contributed by atoms with Crippen LogP contribution in [-0.2, 0) is 4.74 Å². The third-order valence-corrected chi connectivity index (χ3v) is 3.40. The molecular formula is C10H19N3OS. The Labute approximate surface area is 94.8 Å². The van der Waals surface area contributed by atoms with Crippen molar-refractivity contribution in [2.75, 3.05) is 20.2 Å². The minimum absolute atomic E-state index is 0.0773. The van der Waals surface area contributed by atoms with Crippen molar-refractivity contribution >= 4 is 11.3 Å². The van der Waals surface area contributed by atoms with Crippen molar-refractivity contribution < 1.29 is 4.74 Å². The SMILES string of the molecule is COC(CN)CNC(C)c1nc(C)cs1. The highest BCUT2D eigenvalue weighted by Gasteiger charge is 2.11. The number of ether oxygens (including phenoxy) is 1. The summed E-state index contributed by atoms with van der Waals surface area (Å²) in [6.07, 6.45) is 0.0773. The number of aromatic nitrogens is 1. The van der Waals surface area contributed by atoms with Gasteiger partial charge in [-0.05, 0) is 13.8 Å². The minimum atomic E-state index is 0.0773. The summed E-state index contributed by atoms with van der Waals surface area (Å²) < 4.78 is 5.19. The van der Waals surface area contributed by atoms with Crippen LogP contribution in [-0.4, -0.2) is 31.3 Å². The van der Waals surface area contributed by atoms with Crippen molar-refractivity contribution in [1.82, 2.24) is 10.3 Å². The van der Waals surface area contributed by atoms with E-state index >= 15 is 0 Å². The maximum Gasteiger partial charge on any atom is 0.110 e. The van der Waals surface area contributed by atoms with Crippen LogP contribution in [0.2, 0.25) is 0 Å². The van der Waals surface area contributed by atoms with Crippen LogP contribution in [0.1, 0.15) is 23.7 Å². The smallest absolute Gasteiger partial charge is 0.110 e. The number of hydrogen-bond acceptors (Lipinski definition) is 5. The van der Waals surface area contributed by atoms with E-state index in [0.717, 1.165) is 17.2 Å². The van der Waals surface area contributed by atoms with E-state index in [0.29, 0.717) is 6.54 Å². The molecule has 0 aliphatic rings. The lowest BCUT2D eigenvalue weighted by Gasteiger charge is -2.16. The van der Waals surface area contributed by atoms with E-state index in [1.54, 1.807) is 18.4 Å². The van der Waals surface area contributed by atoms with Gasteiger partial charge in [-0.25, -0.2) is 4.98 Å². The Morgan fingerprint density at radius 1 is 1.67 bits per heavy atom. The average Bonchev–Trinajstić information content (AvgIpc) is 2.66. The maximum atomic E-state index is 5.53. The number of nitrogens with two attached hydrogens (primary N) is 1. The first-order valence-electron chi connectivity index (χ1n) is 5.05. The Hall–Kier alpha value is -0.490. The zero-order valence-electron chi connectivity index (χ0n) is 9.49. The molecule has 0 radical (unpaired) electrons. The molecule has 0 amide bonds. The van der Waals surface area contributed by atoms with Gasteiger partial charge in [0.25, 0.3) is 0 Å². The maximum absolute atomic E-state index is 5.53. The van der Waals surface area contributed by atoms with Gasteiger partial charge in [-0.2, -0.15) is 0 Å². The summed E-state index contributed by atoms with van der Waals surface area (Å²) in [7, 11) is 1.68. The van der Waals surface area contributed by atoms with E-state index in [1.165, 1.54) is 0 Å². The summed E-state index contributed by atoms with van der Waals surface area (Å²) in [6.45, 7) is 5.39. The van der Waals surface area contributed by atoms with Crippen LogP contribution in [0, 0.1) is 6.92 Å². The molecule has 2 unspecified atom stereocenters. The molecule has 2 atom stereocenters. The molecule has 0 fully saturated rings. The lowest BCUT2D eigenvalue weighted by Crippen LogP contribution is -2.35. The Bertz CT molecular complexity index is 286. The molecular weight excluding hydrogens is 210 g/mol. The van der Waals surface area contributed by atoms with Gasteiger partial charge in [0, 0.05) is 31.3 Å². The van der Waals surface area contributed by atoms with Gasteiger partial charge < -0.3 is 15.8 Å². The summed E-state index contributed by atoms with van der Waals surface area (Å²) >= 11 is 1.68. The van der Waals surface area contributed by atoms with Gasteiger partial charge in [0.15, 0.2) is 0 Å². The van der Waals surface area contributed by atoms with E-state index in [2.05, 4.69) is 22.6 Å². The van der Waals surface area contributed by atoms with E-state index in [-0.39, 0.29) is 12.1 Å². The molecule has 1 aromatic heterocycles. The third kappa shape index (κ3) is 3.87. The second-order valence-corrected chi connectivity index (χ2v) is 4.44. The first-order valence-corrected chi connectivity index (χ1v) is 5.93. The highest BCUT2D eigenvalue weighted by atomic mass is 32.1. The fourth-order valence-electron chi connectivity index (χ4n) is 1.23. The summed E-state index contributed by atoms with van der Waals surface area (Å²) in [6, 6.07) is 0.257. The van der Waals surface area contributed by atoms with Gasteiger partial charge in [-0.1, -0.05) is 0 Å². The number of nitrogens with zero attached hydrogens (tertiary/aromatic N) is 1. The standard InChI is InChI=1S/C10H19N3OS/c1-7-6-15-10(13-7)8(2)12-5-9(4-11)14-3/h6,8-9,12H,4-5,11H2,1-3H3. The first-order chi connectivity index (χ1) is 7.17. The molecule has 0 saturated heterocycles. The zero-order chi connectivity index (χ0) is 11.3. The molecule has 0 aromatic carbocycles. The second-order valence-electron chi connectivity index (χ2n) is 3.55. The number of nitrogens with one attached hydrogen (secondary N) is 1. The molecule has 1 heterocycles. The minimum Gasteiger partial charge on any atom is -0.379 e. The van der Waals surface area contributed by atoms with Gasteiger partial charge >= 0.3 is 0 Å². The molecule has 0 aliphatic heterocycles. The summed E-state index contributed by atoms with van der Waals surface area (Å²) in [5.41, 5.74) is 6.61. The predicted octanol–water partition coefficient (Wildman–Crippen LogP) is 1.08. The van der Waals surface area contributed by atoms with Crippen LogP contribution < -0.4 is 11.1 Å². The van der Waals surface area contributed by atoms with Gasteiger partial charge in [0.05, 0.1) is 12.1 Å². The normalized spacial score (nSPS) is 15.2. The lowest BCUT2D eigenvalue weighted by atomic mass is 10.3. The number of methoxy groups -OCH3 is 1. The van der Waals surface area contributed by atoms with Crippen molar-refractivity contribution in [3.05, 3.63) is 16.1 Å². The fraction of sp³-hybridized carbons (Fsp3) is 0.700. The van der Waals surface area contributed by atoms with Crippen LogP contribution in [0.4, 0.5) is 0 Å². The van der Waals surface area contributed by atoms with Crippen molar-refractivity contribution in [3.8, 4) is 0 Å². The van der Waals surface area contributed by atoms with Crippen LogP contribution >= 0.6 is 11.3 Å². The Morgan fingerprint density at radius 3 is 2.87 bits per heavy atom. The largest absolute Gasteiger partial charge is 0.379 e. The number of hydrogen-bond donors (Lipinski definition) is 2. The molecule has 5 heteroatoms. The highest BCUT2D eigenvalue weighted by molar-refractivity contribution is 7.09. The topological polar surface area (TPSA) is 60.2 Å². The number of aryl methyl sites for hydroxylation is 1. The number of thiazole rings is 1. The Kier molecular flexibility index (Phi) is 5.17. The van der Waals surface area contributed by atoms with Gasteiger partial charge in [-0.15, -0.1) is 11.3 Å². The van der Waals surface area contributed by atoms with E-state index in [1.807, 2.05) is 6.92 Å². The number of rotatable bonds is 6. The summed E-state index contributed by atoms with van der Waals surface area (Å²) in [5, 5.41) is 6.53. The van der Waals surface area contributed by atoms with Crippen LogP contribution in [0.25, 0.3) is 0 Å². The molecule has 4 nitrogen and oxygen atoms in total. The molecule has 0 spiro atoms. The molecule has 0 aliphatic carbocycles. The Balaban J connectivity index is 2.39. The average molecular weight is 229 g/mol. The summed E-state index contributed by atoms with van der Waals surface area (Å²) in [4.78, 5) is 4.42.